The molecule has 1 N–H and O–H groups in total. The van der Waals surface area contributed by atoms with Gasteiger partial charge in [-0.15, -0.1) is 0 Å². The van der Waals surface area contributed by atoms with E-state index in [1.54, 1.807) is 6.07 Å². The number of nitrogens with zero attached hydrogens (tertiary/aromatic N) is 1. The zero-order chi connectivity index (χ0) is 15.6. The van der Waals surface area contributed by atoms with E-state index in [1.165, 1.54) is 17.8 Å². The highest BCUT2D eigenvalue weighted by molar-refractivity contribution is 5.85. The molecule has 0 fully saturated rings. The number of carboxylic acid groups (broad SMARTS) is 1. The topological polar surface area (TPSA) is 59.4 Å². The fourth-order valence-corrected chi connectivity index (χ4v) is 2.01. The normalized spacial score (nSPS) is 11.2. The standard InChI is InChI=1S/C17H19NO3/c1-11-5-8-15(13(9-11)17(2,3)4)21-12-6-7-14(16(19)20)18-10-12/h5-10H,1-4H3,(H,19,20). The smallest absolute Gasteiger partial charge is 0.354 e. The summed E-state index contributed by atoms with van der Waals surface area (Å²) in [6.07, 6.45) is 1.43. The molecule has 1 heterocycles. The van der Waals surface area contributed by atoms with Crippen molar-refractivity contribution in [3.8, 4) is 11.5 Å². The van der Waals surface area contributed by atoms with E-state index >= 15 is 0 Å². The molecule has 0 bridgehead atoms. The lowest BCUT2D eigenvalue weighted by molar-refractivity contribution is 0.0690. The molecule has 0 amide bonds. The van der Waals surface area contributed by atoms with Crippen LogP contribution in [0.2, 0.25) is 0 Å². The van der Waals surface area contributed by atoms with Crippen LogP contribution in [0.15, 0.2) is 36.5 Å². The van der Waals surface area contributed by atoms with Gasteiger partial charge in [-0.3, -0.25) is 0 Å². The molecular formula is C17H19NO3. The molecule has 0 aliphatic heterocycles. The van der Waals surface area contributed by atoms with Crippen molar-refractivity contribution in [2.24, 2.45) is 0 Å². The van der Waals surface area contributed by atoms with Gasteiger partial charge in [-0.25, -0.2) is 9.78 Å². The van der Waals surface area contributed by atoms with Gasteiger partial charge in [-0.05, 0) is 30.5 Å². The lowest BCUT2D eigenvalue weighted by Crippen LogP contribution is -2.13. The third-order valence-corrected chi connectivity index (χ3v) is 3.13. The van der Waals surface area contributed by atoms with Crippen LogP contribution in [-0.2, 0) is 5.41 Å². The minimum Gasteiger partial charge on any atom is -0.477 e. The van der Waals surface area contributed by atoms with Crippen molar-refractivity contribution in [2.45, 2.75) is 33.1 Å². The van der Waals surface area contributed by atoms with Crippen LogP contribution in [0, 0.1) is 6.92 Å². The maximum atomic E-state index is 10.8. The van der Waals surface area contributed by atoms with E-state index in [4.69, 9.17) is 9.84 Å². The van der Waals surface area contributed by atoms with Gasteiger partial charge in [-0.1, -0.05) is 38.5 Å². The van der Waals surface area contributed by atoms with Crippen LogP contribution in [0.5, 0.6) is 11.5 Å². The van der Waals surface area contributed by atoms with E-state index in [9.17, 15) is 4.79 Å². The Balaban J connectivity index is 2.33. The molecule has 4 nitrogen and oxygen atoms in total. The predicted octanol–water partition coefficient (Wildman–Crippen LogP) is 4.18. The van der Waals surface area contributed by atoms with Crippen LogP contribution in [0.1, 0.15) is 42.4 Å². The second kappa shape index (κ2) is 5.56. The van der Waals surface area contributed by atoms with Crippen molar-refractivity contribution in [1.82, 2.24) is 4.98 Å². The fraction of sp³-hybridized carbons (Fsp3) is 0.294. The highest BCUT2D eigenvalue weighted by Gasteiger charge is 2.19. The molecule has 4 heteroatoms. The van der Waals surface area contributed by atoms with Gasteiger partial charge in [-0.2, -0.15) is 0 Å². The summed E-state index contributed by atoms with van der Waals surface area (Å²) in [5.74, 6) is 0.236. The number of carboxylic acids is 1. The van der Waals surface area contributed by atoms with Gasteiger partial charge in [0.2, 0.25) is 0 Å². The molecule has 0 saturated carbocycles. The number of benzene rings is 1. The van der Waals surface area contributed by atoms with Crippen molar-refractivity contribution in [1.29, 1.82) is 0 Å². The van der Waals surface area contributed by atoms with Crippen molar-refractivity contribution in [3.05, 3.63) is 53.3 Å². The average Bonchev–Trinajstić information content (AvgIpc) is 2.40. The third-order valence-electron chi connectivity index (χ3n) is 3.13. The summed E-state index contributed by atoms with van der Waals surface area (Å²) >= 11 is 0. The number of aryl methyl sites for hydroxylation is 1. The molecule has 0 atom stereocenters. The van der Waals surface area contributed by atoms with Gasteiger partial charge in [0.25, 0.3) is 0 Å². The summed E-state index contributed by atoms with van der Waals surface area (Å²) in [5, 5.41) is 8.84. The van der Waals surface area contributed by atoms with Crippen molar-refractivity contribution in [2.75, 3.05) is 0 Å². The maximum Gasteiger partial charge on any atom is 0.354 e. The first-order valence-corrected chi connectivity index (χ1v) is 6.76. The van der Waals surface area contributed by atoms with E-state index in [2.05, 4.69) is 31.8 Å². The number of hydrogen-bond acceptors (Lipinski definition) is 3. The Hall–Kier alpha value is -2.36. The molecule has 0 aliphatic rings. The fourth-order valence-electron chi connectivity index (χ4n) is 2.01. The zero-order valence-corrected chi connectivity index (χ0v) is 12.7. The lowest BCUT2D eigenvalue weighted by atomic mass is 9.85. The summed E-state index contributed by atoms with van der Waals surface area (Å²) < 4.78 is 5.87. The number of aromatic nitrogens is 1. The zero-order valence-electron chi connectivity index (χ0n) is 12.7. The van der Waals surface area contributed by atoms with Gasteiger partial charge in [0, 0.05) is 5.56 Å². The molecule has 110 valence electrons. The number of carbonyl (C=O) groups is 1. The summed E-state index contributed by atoms with van der Waals surface area (Å²) in [5.41, 5.74) is 2.23. The number of hydrogen-bond donors (Lipinski definition) is 1. The molecular weight excluding hydrogens is 266 g/mol. The largest absolute Gasteiger partial charge is 0.477 e. The maximum absolute atomic E-state index is 10.8. The first kappa shape index (κ1) is 15.0. The number of aromatic carboxylic acids is 1. The Bertz CT molecular complexity index is 655. The summed E-state index contributed by atoms with van der Waals surface area (Å²) in [7, 11) is 0. The summed E-state index contributed by atoms with van der Waals surface area (Å²) in [6.45, 7) is 8.42. The summed E-state index contributed by atoms with van der Waals surface area (Å²) in [4.78, 5) is 14.6. The molecule has 0 radical (unpaired) electrons. The monoisotopic (exact) mass is 285 g/mol. The lowest BCUT2D eigenvalue weighted by Gasteiger charge is -2.23. The van der Waals surface area contributed by atoms with Gasteiger partial charge in [0.15, 0.2) is 0 Å². The molecule has 1 aromatic heterocycles. The Morgan fingerprint density at radius 2 is 1.90 bits per heavy atom. The Kier molecular flexibility index (Phi) is 3.98. The van der Waals surface area contributed by atoms with Gasteiger partial charge in [0.1, 0.15) is 17.2 Å². The second-order valence-electron chi connectivity index (χ2n) is 6.04. The molecule has 0 spiro atoms. The quantitative estimate of drug-likeness (QED) is 0.919. The highest BCUT2D eigenvalue weighted by Crippen LogP contribution is 2.34. The van der Waals surface area contributed by atoms with Crippen LogP contribution in [-0.4, -0.2) is 16.1 Å². The van der Waals surface area contributed by atoms with Crippen LogP contribution >= 0.6 is 0 Å². The van der Waals surface area contributed by atoms with Crippen LogP contribution < -0.4 is 4.74 Å². The molecule has 2 aromatic rings. The first-order valence-electron chi connectivity index (χ1n) is 6.76. The molecule has 0 aliphatic carbocycles. The third kappa shape index (κ3) is 3.60. The molecule has 0 saturated heterocycles. The van der Waals surface area contributed by atoms with Crippen molar-refractivity contribution < 1.29 is 14.6 Å². The van der Waals surface area contributed by atoms with Gasteiger partial charge >= 0.3 is 5.97 Å². The number of ether oxygens (including phenoxy) is 1. The minimum atomic E-state index is -1.05. The Labute approximate surface area is 124 Å². The Morgan fingerprint density at radius 1 is 1.19 bits per heavy atom. The van der Waals surface area contributed by atoms with Crippen LogP contribution in [0.4, 0.5) is 0 Å². The van der Waals surface area contributed by atoms with E-state index < -0.39 is 5.97 Å². The highest BCUT2D eigenvalue weighted by atomic mass is 16.5. The van der Waals surface area contributed by atoms with Crippen LogP contribution in [0.3, 0.4) is 0 Å². The average molecular weight is 285 g/mol. The molecule has 21 heavy (non-hydrogen) atoms. The van der Waals surface area contributed by atoms with Crippen LogP contribution in [0.25, 0.3) is 0 Å². The summed E-state index contributed by atoms with van der Waals surface area (Å²) in [6, 6.07) is 9.07. The SMILES string of the molecule is Cc1ccc(Oc2ccc(C(=O)O)nc2)c(C(C)(C)C)c1. The first-order chi connectivity index (χ1) is 9.77. The van der Waals surface area contributed by atoms with E-state index in [0.717, 1.165) is 11.3 Å². The number of pyridine rings is 1. The molecule has 0 unspecified atom stereocenters. The second-order valence-corrected chi connectivity index (χ2v) is 6.04. The van der Waals surface area contributed by atoms with Gasteiger partial charge in [0.05, 0.1) is 6.20 Å². The van der Waals surface area contributed by atoms with E-state index in [0.29, 0.717) is 5.75 Å². The van der Waals surface area contributed by atoms with Gasteiger partial charge < -0.3 is 9.84 Å². The van der Waals surface area contributed by atoms with E-state index in [1.807, 2.05) is 19.1 Å². The number of rotatable bonds is 3. The minimum absolute atomic E-state index is 0.00213. The Morgan fingerprint density at radius 3 is 2.43 bits per heavy atom. The van der Waals surface area contributed by atoms with Crippen molar-refractivity contribution in [3.63, 3.8) is 0 Å². The molecule has 1 aromatic carbocycles. The predicted molar refractivity (Wildman–Crippen MR) is 81.1 cm³/mol. The van der Waals surface area contributed by atoms with Crippen molar-refractivity contribution >= 4 is 5.97 Å². The van der Waals surface area contributed by atoms with E-state index in [-0.39, 0.29) is 11.1 Å². The molecule has 2 rings (SSSR count).